The van der Waals surface area contributed by atoms with Crippen LogP contribution in [0.2, 0.25) is 0 Å². The second kappa shape index (κ2) is 6.37. The van der Waals surface area contributed by atoms with Gasteiger partial charge in [0.1, 0.15) is 0 Å². The van der Waals surface area contributed by atoms with Gasteiger partial charge in [-0.15, -0.1) is 0 Å². The summed E-state index contributed by atoms with van der Waals surface area (Å²) in [6.07, 6.45) is 4.29. The minimum Gasteiger partial charge on any atom is -0.394 e. The molecule has 2 heteroatoms. The average molecular weight is 293 g/mol. The van der Waals surface area contributed by atoms with Crippen molar-refractivity contribution in [1.29, 1.82) is 0 Å². The second-order valence-corrected chi connectivity index (χ2v) is 6.19. The molecule has 0 fully saturated rings. The van der Waals surface area contributed by atoms with Crippen LogP contribution in [0, 0.1) is 5.92 Å². The highest BCUT2D eigenvalue weighted by Gasteiger charge is 2.31. The van der Waals surface area contributed by atoms with Crippen molar-refractivity contribution in [2.24, 2.45) is 5.92 Å². The van der Waals surface area contributed by atoms with E-state index in [4.69, 9.17) is 0 Å². The predicted octanol–water partition coefficient (Wildman–Crippen LogP) is 4.40. The molecule has 0 radical (unpaired) electrons. The summed E-state index contributed by atoms with van der Waals surface area (Å²) in [5.74, 6) is 0.462. The molecule has 0 saturated heterocycles. The molecule has 0 saturated carbocycles. The van der Waals surface area contributed by atoms with Crippen LogP contribution in [0.15, 0.2) is 60.8 Å². The Bertz CT molecular complexity index is 648. The lowest BCUT2D eigenvalue weighted by Crippen LogP contribution is -2.35. The van der Waals surface area contributed by atoms with Gasteiger partial charge < -0.3 is 10.0 Å². The molecule has 0 amide bonds. The van der Waals surface area contributed by atoms with E-state index in [1.54, 1.807) is 0 Å². The molecule has 22 heavy (non-hydrogen) atoms. The van der Waals surface area contributed by atoms with Crippen molar-refractivity contribution < 1.29 is 5.11 Å². The van der Waals surface area contributed by atoms with Gasteiger partial charge in [-0.1, -0.05) is 68.4 Å². The maximum Gasteiger partial charge on any atom is 0.0774 e. The minimum atomic E-state index is -0.0155. The molecule has 1 aliphatic rings. The fraction of sp³-hybridized carbons (Fsp3) is 0.300. The van der Waals surface area contributed by atoms with Crippen molar-refractivity contribution in [3.05, 3.63) is 77.5 Å². The van der Waals surface area contributed by atoms with E-state index in [1.807, 2.05) is 18.2 Å². The van der Waals surface area contributed by atoms with Gasteiger partial charge in [0.25, 0.3) is 0 Å². The second-order valence-electron chi connectivity index (χ2n) is 6.19. The van der Waals surface area contributed by atoms with Gasteiger partial charge in [-0.25, -0.2) is 0 Å². The van der Waals surface area contributed by atoms with E-state index in [1.165, 1.54) is 11.1 Å². The van der Waals surface area contributed by atoms with E-state index in [-0.39, 0.29) is 18.7 Å². The summed E-state index contributed by atoms with van der Waals surface area (Å²) in [6, 6.07) is 19.1. The van der Waals surface area contributed by atoms with Gasteiger partial charge in [0, 0.05) is 6.20 Å². The first-order valence-corrected chi connectivity index (χ1v) is 7.92. The molecular weight excluding hydrogens is 270 g/mol. The first kappa shape index (κ1) is 14.9. The lowest BCUT2D eigenvalue weighted by molar-refractivity contribution is 0.105. The molecule has 114 valence electrons. The number of nitrogens with zero attached hydrogens (tertiary/aromatic N) is 1. The number of hydrogen-bond acceptors (Lipinski definition) is 2. The SMILES string of the molecule is CC(C)[C@H]1c2ccccc2C=CN1[C@@H](CO)c1ccccc1. The van der Waals surface area contributed by atoms with Crippen LogP contribution in [0.25, 0.3) is 6.08 Å². The summed E-state index contributed by atoms with van der Waals surface area (Å²) in [5.41, 5.74) is 3.77. The summed E-state index contributed by atoms with van der Waals surface area (Å²) in [5, 5.41) is 10.0. The minimum absolute atomic E-state index is 0.0155. The van der Waals surface area contributed by atoms with Gasteiger partial charge in [0.15, 0.2) is 0 Å². The Hall–Kier alpha value is -2.06. The maximum atomic E-state index is 10.0. The molecule has 0 aliphatic carbocycles. The normalized spacial score (nSPS) is 18.4. The molecule has 0 aromatic heterocycles. The van der Waals surface area contributed by atoms with Crippen LogP contribution >= 0.6 is 0 Å². The van der Waals surface area contributed by atoms with Crippen LogP contribution in [-0.2, 0) is 0 Å². The van der Waals surface area contributed by atoms with Crippen molar-refractivity contribution in [3.8, 4) is 0 Å². The predicted molar refractivity (Wildman–Crippen MR) is 91.2 cm³/mol. The van der Waals surface area contributed by atoms with Crippen LogP contribution in [-0.4, -0.2) is 16.6 Å². The van der Waals surface area contributed by atoms with E-state index >= 15 is 0 Å². The molecule has 1 N–H and O–H groups in total. The van der Waals surface area contributed by atoms with E-state index in [2.05, 4.69) is 67.4 Å². The van der Waals surface area contributed by atoms with Crippen LogP contribution in [0.3, 0.4) is 0 Å². The summed E-state index contributed by atoms with van der Waals surface area (Å²) >= 11 is 0. The number of benzene rings is 2. The first-order valence-electron chi connectivity index (χ1n) is 7.92. The van der Waals surface area contributed by atoms with Crippen molar-refractivity contribution in [2.75, 3.05) is 6.61 Å². The van der Waals surface area contributed by atoms with Crippen molar-refractivity contribution >= 4 is 6.08 Å². The largest absolute Gasteiger partial charge is 0.394 e. The fourth-order valence-corrected chi connectivity index (χ4v) is 3.40. The third-order valence-corrected chi connectivity index (χ3v) is 4.41. The summed E-state index contributed by atoms with van der Waals surface area (Å²) < 4.78 is 0. The molecule has 3 rings (SSSR count). The topological polar surface area (TPSA) is 23.5 Å². The van der Waals surface area contributed by atoms with Gasteiger partial charge in [-0.2, -0.15) is 0 Å². The molecule has 1 aliphatic heterocycles. The van der Waals surface area contributed by atoms with Gasteiger partial charge in [0.2, 0.25) is 0 Å². The summed E-state index contributed by atoms with van der Waals surface area (Å²) in [7, 11) is 0. The zero-order chi connectivity index (χ0) is 15.5. The Morgan fingerprint density at radius 2 is 1.68 bits per heavy atom. The molecular formula is C20H23NO. The van der Waals surface area contributed by atoms with Crippen LogP contribution < -0.4 is 0 Å². The quantitative estimate of drug-likeness (QED) is 0.903. The number of hydrogen-bond donors (Lipinski definition) is 1. The number of aliphatic hydroxyl groups is 1. The lowest BCUT2D eigenvalue weighted by atomic mass is 9.87. The van der Waals surface area contributed by atoms with Gasteiger partial charge in [-0.3, -0.25) is 0 Å². The highest BCUT2D eigenvalue weighted by atomic mass is 16.3. The van der Waals surface area contributed by atoms with Crippen molar-refractivity contribution in [1.82, 2.24) is 4.90 Å². The molecule has 0 bridgehead atoms. The Morgan fingerprint density at radius 1 is 1.00 bits per heavy atom. The highest BCUT2D eigenvalue weighted by Crippen LogP contribution is 2.40. The number of rotatable bonds is 4. The van der Waals surface area contributed by atoms with Crippen LogP contribution in [0.1, 0.15) is 42.6 Å². The highest BCUT2D eigenvalue weighted by molar-refractivity contribution is 5.57. The number of aliphatic hydroxyl groups excluding tert-OH is 1. The van der Waals surface area contributed by atoms with E-state index in [9.17, 15) is 5.11 Å². The molecule has 2 aromatic rings. The zero-order valence-corrected chi connectivity index (χ0v) is 13.2. The van der Waals surface area contributed by atoms with E-state index < -0.39 is 0 Å². The molecule has 0 spiro atoms. The van der Waals surface area contributed by atoms with Crippen LogP contribution in [0.5, 0.6) is 0 Å². The maximum absolute atomic E-state index is 10.0. The molecule has 2 nitrogen and oxygen atoms in total. The third kappa shape index (κ3) is 2.67. The van der Waals surface area contributed by atoms with Crippen LogP contribution in [0.4, 0.5) is 0 Å². The molecule has 2 aromatic carbocycles. The lowest BCUT2D eigenvalue weighted by Gasteiger charge is -2.42. The first-order chi connectivity index (χ1) is 10.7. The van der Waals surface area contributed by atoms with Gasteiger partial charge in [0.05, 0.1) is 18.7 Å². The van der Waals surface area contributed by atoms with E-state index in [0.29, 0.717) is 5.92 Å². The Labute approximate surface area is 132 Å². The Balaban J connectivity index is 2.03. The van der Waals surface area contributed by atoms with Gasteiger partial charge in [-0.05, 0) is 28.7 Å². The average Bonchev–Trinajstić information content (AvgIpc) is 2.56. The molecule has 2 atom stereocenters. The molecule has 1 heterocycles. The standard InChI is InChI=1S/C20H23NO/c1-15(2)20-18-11-7-6-8-16(18)12-13-21(20)19(14-22)17-9-4-3-5-10-17/h3-13,15,19-20,22H,14H2,1-2H3/t19-,20-/m0/s1. The fourth-order valence-electron chi connectivity index (χ4n) is 3.40. The zero-order valence-electron chi connectivity index (χ0n) is 13.2. The number of fused-ring (bicyclic) bond motifs is 1. The van der Waals surface area contributed by atoms with Gasteiger partial charge >= 0.3 is 0 Å². The summed E-state index contributed by atoms with van der Waals surface area (Å²) in [4.78, 5) is 2.31. The summed E-state index contributed by atoms with van der Waals surface area (Å²) in [6.45, 7) is 4.60. The monoisotopic (exact) mass is 293 g/mol. The Morgan fingerprint density at radius 3 is 2.36 bits per heavy atom. The Kier molecular flexibility index (Phi) is 4.30. The smallest absolute Gasteiger partial charge is 0.0774 e. The van der Waals surface area contributed by atoms with Crippen molar-refractivity contribution in [3.63, 3.8) is 0 Å². The van der Waals surface area contributed by atoms with E-state index in [0.717, 1.165) is 5.56 Å². The third-order valence-electron chi connectivity index (χ3n) is 4.41. The van der Waals surface area contributed by atoms with Crippen molar-refractivity contribution in [2.45, 2.75) is 25.9 Å². The molecule has 0 unspecified atom stereocenters.